The zero-order chi connectivity index (χ0) is 12.2. The van der Waals surface area contributed by atoms with Crippen molar-refractivity contribution in [1.82, 2.24) is 5.32 Å². The summed E-state index contributed by atoms with van der Waals surface area (Å²) >= 11 is 0. The number of carboxylic acid groups (broad SMARTS) is 1. The second kappa shape index (κ2) is 5.30. The van der Waals surface area contributed by atoms with E-state index in [2.05, 4.69) is 5.32 Å². The molecule has 0 aromatic heterocycles. The Balaban J connectivity index is 2.18. The third-order valence-electron chi connectivity index (χ3n) is 3.01. The van der Waals surface area contributed by atoms with Crippen LogP contribution >= 0.6 is 0 Å². The summed E-state index contributed by atoms with van der Waals surface area (Å²) in [6.07, 6.45) is 2.15. The van der Waals surface area contributed by atoms with Crippen molar-refractivity contribution >= 4 is 11.9 Å². The molecule has 0 aromatic rings. The van der Waals surface area contributed by atoms with Crippen LogP contribution in [0.15, 0.2) is 0 Å². The minimum absolute atomic E-state index is 0.0125. The van der Waals surface area contributed by atoms with Gasteiger partial charge < -0.3 is 15.5 Å². The predicted molar refractivity (Wildman–Crippen MR) is 57.8 cm³/mol. The molecule has 92 valence electrons. The zero-order valence-electron chi connectivity index (χ0n) is 9.53. The van der Waals surface area contributed by atoms with E-state index in [4.69, 9.17) is 10.2 Å². The first-order valence-electron chi connectivity index (χ1n) is 5.57. The maximum atomic E-state index is 11.4. The van der Waals surface area contributed by atoms with Crippen molar-refractivity contribution in [2.75, 3.05) is 13.2 Å². The van der Waals surface area contributed by atoms with Gasteiger partial charge in [-0.2, -0.15) is 0 Å². The van der Waals surface area contributed by atoms with Gasteiger partial charge in [-0.15, -0.1) is 0 Å². The Morgan fingerprint density at radius 3 is 2.44 bits per heavy atom. The molecular weight excluding hydrogens is 210 g/mol. The van der Waals surface area contributed by atoms with Crippen LogP contribution in [0.4, 0.5) is 0 Å². The summed E-state index contributed by atoms with van der Waals surface area (Å²) in [6, 6.07) is 0. The molecule has 0 spiro atoms. The molecule has 1 fully saturated rings. The Bertz CT molecular complexity index is 273. The quantitative estimate of drug-likeness (QED) is 0.589. The molecule has 0 bridgehead atoms. The van der Waals surface area contributed by atoms with Crippen molar-refractivity contribution in [2.45, 2.75) is 32.6 Å². The number of rotatable bonds is 7. The molecule has 1 saturated carbocycles. The summed E-state index contributed by atoms with van der Waals surface area (Å²) in [5, 5.41) is 20.3. The SMILES string of the molecule is CC(CC(=O)O)CC(=O)NCC1(CO)CC1. The molecule has 1 aliphatic carbocycles. The minimum atomic E-state index is -0.880. The van der Waals surface area contributed by atoms with Crippen molar-refractivity contribution in [3.05, 3.63) is 0 Å². The molecule has 1 aliphatic rings. The minimum Gasteiger partial charge on any atom is -0.481 e. The first-order valence-corrected chi connectivity index (χ1v) is 5.57. The number of nitrogens with one attached hydrogen (secondary N) is 1. The lowest BCUT2D eigenvalue weighted by molar-refractivity contribution is -0.138. The number of aliphatic hydroxyl groups is 1. The highest BCUT2D eigenvalue weighted by molar-refractivity contribution is 5.77. The van der Waals surface area contributed by atoms with Crippen LogP contribution in [0.2, 0.25) is 0 Å². The van der Waals surface area contributed by atoms with Crippen molar-refractivity contribution in [1.29, 1.82) is 0 Å². The zero-order valence-corrected chi connectivity index (χ0v) is 9.53. The lowest BCUT2D eigenvalue weighted by atomic mass is 10.0. The summed E-state index contributed by atoms with van der Waals surface area (Å²) in [6.45, 7) is 2.35. The molecule has 3 N–H and O–H groups in total. The number of carbonyl (C=O) groups is 2. The first-order chi connectivity index (χ1) is 7.47. The Morgan fingerprint density at radius 1 is 1.38 bits per heavy atom. The van der Waals surface area contributed by atoms with Crippen LogP contribution in [0.1, 0.15) is 32.6 Å². The van der Waals surface area contributed by atoms with Gasteiger partial charge >= 0.3 is 5.97 Å². The molecule has 16 heavy (non-hydrogen) atoms. The predicted octanol–water partition coefficient (Wildman–Crippen LogP) is 0.376. The van der Waals surface area contributed by atoms with E-state index in [1.165, 1.54) is 0 Å². The number of amides is 1. The lowest BCUT2D eigenvalue weighted by Crippen LogP contribution is -2.32. The van der Waals surface area contributed by atoms with Gasteiger partial charge in [0.15, 0.2) is 0 Å². The topological polar surface area (TPSA) is 86.6 Å². The van der Waals surface area contributed by atoms with E-state index in [1.807, 2.05) is 0 Å². The summed E-state index contributed by atoms with van der Waals surface area (Å²) in [4.78, 5) is 21.8. The molecule has 5 nitrogen and oxygen atoms in total. The lowest BCUT2D eigenvalue weighted by Gasteiger charge is -2.14. The molecule has 0 heterocycles. The fourth-order valence-electron chi connectivity index (χ4n) is 1.61. The fourth-order valence-corrected chi connectivity index (χ4v) is 1.61. The van der Waals surface area contributed by atoms with Crippen LogP contribution in [0.25, 0.3) is 0 Å². The number of hydrogen-bond donors (Lipinski definition) is 3. The molecule has 1 unspecified atom stereocenters. The number of carbonyl (C=O) groups excluding carboxylic acids is 1. The van der Waals surface area contributed by atoms with Crippen molar-refractivity contribution in [3.63, 3.8) is 0 Å². The normalized spacial score (nSPS) is 18.9. The van der Waals surface area contributed by atoms with Crippen LogP contribution in [0.3, 0.4) is 0 Å². The molecule has 0 aliphatic heterocycles. The number of carboxylic acids is 1. The third-order valence-corrected chi connectivity index (χ3v) is 3.01. The van der Waals surface area contributed by atoms with Gasteiger partial charge in [0.1, 0.15) is 0 Å². The fraction of sp³-hybridized carbons (Fsp3) is 0.818. The van der Waals surface area contributed by atoms with Crippen LogP contribution in [0, 0.1) is 11.3 Å². The average Bonchev–Trinajstić information content (AvgIpc) is 2.94. The van der Waals surface area contributed by atoms with Gasteiger partial charge in [-0.3, -0.25) is 9.59 Å². The molecule has 1 amide bonds. The van der Waals surface area contributed by atoms with Crippen LogP contribution in [-0.4, -0.2) is 35.2 Å². The molecule has 1 atom stereocenters. The van der Waals surface area contributed by atoms with Gasteiger partial charge in [0.2, 0.25) is 5.91 Å². The molecular formula is C11H19NO4. The van der Waals surface area contributed by atoms with Crippen LogP contribution < -0.4 is 5.32 Å². The van der Waals surface area contributed by atoms with Gasteiger partial charge in [-0.1, -0.05) is 6.92 Å². The Labute approximate surface area is 94.8 Å². The van der Waals surface area contributed by atoms with Crippen LogP contribution in [-0.2, 0) is 9.59 Å². The van der Waals surface area contributed by atoms with Crippen molar-refractivity contribution < 1.29 is 19.8 Å². The van der Waals surface area contributed by atoms with Crippen molar-refractivity contribution in [2.24, 2.45) is 11.3 Å². The molecule has 1 rings (SSSR count). The largest absolute Gasteiger partial charge is 0.481 e. The van der Waals surface area contributed by atoms with Gasteiger partial charge in [-0.25, -0.2) is 0 Å². The van der Waals surface area contributed by atoms with E-state index in [1.54, 1.807) is 6.92 Å². The van der Waals surface area contributed by atoms with Gasteiger partial charge in [0, 0.05) is 24.8 Å². The number of hydrogen-bond acceptors (Lipinski definition) is 3. The summed E-state index contributed by atoms with van der Waals surface area (Å²) in [5.74, 6) is -1.16. The van der Waals surface area contributed by atoms with E-state index < -0.39 is 5.97 Å². The highest BCUT2D eigenvalue weighted by Gasteiger charge is 2.42. The van der Waals surface area contributed by atoms with E-state index in [-0.39, 0.29) is 36.7 Å². The smallest absolute Gasteiger partial charge is 0.303 e. The Hall–Kier alpha value is -1.10. The molecule has 0 saturated heterocycles. The van der Waals surface area contributed by atoms with Gasteiger partial charge in [0.05, 0.1) is 6.61 Å². The highest BCUT2D eigenvalue weighted by atomic mass is 16.4. The van der Waals surface area contributed by atoms with E-state index in [0.717, 1.165) is 12.8 Å². The van der Waals surface area contributed by atoms with E-state index >= 15 is 0 Å². The number of aliphatic hydroxyl groups excluding tert-OH is 1. The maximum absolute atomic E-state index is 11.4. The summed E-state index contributed by atoms with van der Waals surface area (Å²) < 4.78 is 0. The van der Waals surface area contributed by atoms with Crippen molar-refractivity contribution in [3.8, 4) is 0 Å². The van der Waals surface area contributed by atoms with Crippen LogP contribution in [0.5, 0.6) is 0 Å². The monoisotopic (exact) mass is 229 g/mol. The Kier molecular flexibility index (Phi) is 4.29. The van der Waals surface area contributed by atoms with E-state index in [0.29, 0.717) is 6.54 Å². The second-order valence-corrected chi connectivity index (χ2v) is 4.84. The maximum Gasteiger partial charge on any atom is 0.303 e. The average molecular weight is 229 g/mol. The number of aliphatic carboxylic acids is 1. The Morgan fingerprint density at radius 2 is 2.00 bits per heavy atom. The molecule has 5 heteroatoms. The molecule has 0 aromatic carbocycles. The summed E-state index contributed by atoms with van der Waals surface area (Å²) in [5.41, 5.74) is -0.0916. The standard InChI is InChI=1S/C11H19NO4/c1-8(5-10(15)16)4-9(14)12-6-11(7-13)2-3-11/h8,13H,2-7H2,1H3,(H,12,14)(H,15,16). The highest BCUT2D eigenvalue weighted by Crippen LogP contribution is 2.44. The van der Waals surface area contributed by atoms with Gasteiger partial charge in [-0.05, 0) is 18.8 Å². The third kappa shape index (κ3) is 4.18. The summed E-state index contributed by atoms with van der Waals surface area (Å²) in [7, 11) is 0. The second-order valence-electron chi connectivity index (χ2n) is 4.84. The molecule has 0 radical (unpaired) electrons. The first kappa shape index (κ1) is 13.0. The van der Waals surface area contributed by atoms with E-state index in [9.17, 15) is 9.59 Å². The van der Waals surface area contributed by atoms with Gasteiger partial charge in [0.25, 0.3) is 0 Å².